The molecule has 1 heterocycles. The molecule has 5 nitrogen and oxygen atoms in total. The number of ether oxygens (including phenoxy) is 2. The van der Waals surface area contributed by atoms with Gasteiger partial charge in [0.1, 0.15) is 12.4 Å². The molecule has 0 saturated heterocycles. The summed E-state index contributed by atoms with van der Waals surface area (Å²) in [5.74, 6) is 2.18. The Morgan fingerprint density at radius 2 is 1.77 bits per heavy atom. The van der Waals surface area contributed by atoms with Gasteiger partial charge in [-0.05, 0) is 41.8 Å². The fourth-order valence-corrected chi connectivity index (χ4v) is 3.54. The van der Waals surface area contributed by atoms with Crippen LogP contribution in [0.1, 0.15) is 22.5 Å². The molecule has 0 fully saturated rings. The maximum absolute atomic E-state index is 6.52. The summed E-state index contributed by atoms with van der Waals surface area (Å²) in [6.45, 7) is 3.73. The smallest absolute Gasteiger partial charge is 0.163 e. The molecule has 30 heavy (non-hydrogen) atoms. The standard InChI is InChI=1S/C24H24ClN3O2/c1-16-7-3-4-8-17(16)15-30-23-12-19(25)18(11-22(23)29-2)13-26-14-24-27-20-9-5-6-10-21(20)28-24/h3-12,26H,13-15H2,1-2H3,(H,27,28). The van der Waals surface area contributed by atoms with Crippen LogP contribution in [0.5, 0.6) is 11.5 Å². The van der Waals surface area contributed by atoms with Crippen LogP contribution >= 0.6 is 11.6 Å². The number of H-pyrrole nitrogens is 1. The van der Waals surface area contributed by atoms with Gasteiger partial charge in [-0.2, -0.15) is 0 Å². The van der Waals surface area contributed by atoms with Crippen molar-refractivity contribution in [2.24, 2.45) is 0 Å². The number of para-hydroxylation sites is 2. The summed E-state index contributed by atoms with van der Waals surface area (Å²) in [6, 6.07) is 19.9. The molecule has 0 aliphatic heterocycles. The Hall–Kier alpha value is -3.02. The number of imidazole rings is 1. The molecule has 0 spiro atoms. The summed E-state index contributed by atoms with van der Waals surface area (Å²) in [6.07, 6.45) is 0. The van der Waals surface area contributed by atoms with Crippen molar-refractivity contribution >= 4 is 22.6 Å². The Morgan fingerprint density at radius 3 is 2.57 bits per heavy atom. The number of nitrogens with one attached hydrogen (secondary N) is 2. The van der Waals surface area contributed by atoms with Crippen molar-refractivity contribution in [1.29, 1.82) is 0 Å². The van der Waals surface area contributed by atoms with Crippen LogP contribution in [0.25, 0.3) is 11.0 Å². The second-order valence-corrected chi connectivity index (χ2v) is 7.52. The lowest BCUT2D eigenvalue weighted by atomic mass is 10.1. The molecule has 0 aliphatic rings. The number of hydrogen-bond acceptors (Lipinski definition) is 4. The van der Waals surface area contributed by atoms with E-state index < -0.39 is 0 Å². The molecule has 6 heteroatoms. The number of nitrogens with zero attached hydrogens (tertiary/aromatic N) is 1. The van der Waals surface area contributed by atoms with E-state index in [-0.39, 0.29) is 0 Å². The molecule has 4 rings (SSSR count). The zero-order valence-corrected chi connectivity index (χ0v) is 17.8. The van der Waals surface area contributed by atoms with Crippen LogP contribution in [0.15, 0.2) is 60.7 Å². The number of halogens is 1. The van der Waals surface area contributed by atoms with Gasteiger partial charge < -0.3 is 19.8 Å². The maximum atomic E-state index is 6.52. The minimum absolute atomic E-state index is 0.461. The van der Waals surface area contributed by atoms with Crippen LogP contribution in [-0.2, 0) is 19.7 Å². The lowest BCUT2D eigenvalue weighted by Crippen LogP contribution is -2.14. The van der Waals surface area contributed by atoms with E-state index in [9.17, 15) is 0 Å². The minimum atomic E-state index is 0.461. The van der Waals surface area contributed by atoms with Crippen LogP contribution in [0.3, 0.4) is 0 Å². The highest BCUT2D eigenvalue weighted by molar-refractivity contribution is 6.31. The Morgan fingerprint density at radius 1 is 0.967 bits per heavy atom. The number of aromatic amines is 1. The van der Waals surface area contributed by atoms with Crippen LogP contribution in [0.2, 0.25) is 5.02 Å². The van der Waals surface area contributed by atoms with Crippen molar-refractivity contribution in [1.82, 2.24) is 15.3 Å². The monoisotopic (exact) mass is 421 g/mol. The van der Waals surface area contributed by atoms with Crippen LogP contribution in [0, 0.1) is 6.92 Å². The van der Waals surface area contributed by atoms with E-state index in [1.54, 1.807) is 7.11 Å². The third kappa shape index (κ3) is 4.58. The average Bonchev–Trinajstić information content (AvgIpc) is 3.17. The lowest BCUT2D eigenvalue weighted by Gasteiger charge is -2.15. The van der Waals surface area contributed by atoms with Gasteiger partial charge in [-0.3, -0.25) is 0 Å². The fourth-order valence-electron chi connectivity index (χ4n) is 3.32. The van der Waals surface area contributed by atoms with Gasteiger partial charge in [0.15, 0.2) is 11.5 Å². The van der Waals surface area contributed by atoms with E-state index in [1.165, 1.54) is 5.56 Å². The quantitative estimate of drug-likeness (QED) is 0.399. The zero-order chi connectivity index (χ0) is 20.9. The summed E-state index contributed by atoms with van der Waals surface area (Å²) in [5, 5.41) is 4.01. The van der Waals surface area contributed by atoms with Crippen molar-refractivity contribution < 1.29 is 9.47 Å². The third-order valence-electron chi connectivity index (χ3n) is 5.02. The predicted molar refractivity (Wildman–Crippen MR) is 120 cm³/mol. The Bertz CT molecular complexity index is 1120. The minimum Gasteiger partial charge on any atom is -0.493 e. The Labute approximate surface area is 181 Å². The number of benzene rings is 3. The number of fused-ring (bicyclic) bond motifs is 1. The molecule has 0 radical (unpaired) electrons. The van der Waals surface area contributed by atoms with Gasteiger partial charge in [-0.1, -0.05) is 48.0 Å². The average molecular weight is 422 g/mol. The van der Waals surface area contributed by atoms with Crippen molar-refractivity contribution in [2.75, 3.05) is 7.11 Å². The van der Waals surface area contributed by atoms with E-state index in [1.807, 2.05) is 48.5 Å². The van der Waals surface area contributed by atoms with Crippen LogP contribution < -0.4 is 14.8 Å². The van der Waals surface area contributed by atoms with Crippen LogP contribution in [0.4, 0.5) is 0 Å². The first-order valence-corrected chi connectivity index (χ1v) is 10.2. The number of hydrogen-bond donors (Lipinski definition) is 2. The van der Waals surface area contributed by atoms with Crippen molar-refractivity contribution in [3.8, 4) is 11.5 Å². The molecule has 0 unspecified atom stereocenters. The highest BCUT2D eigenvalue weighted by Gasteiger charge is 2.12. The largest absolute Gasteiger partial charge is 0.493 e. The van der Waals surface area contributed by atoms with E-state index in [0.717, 1.165) is 28.0 Å². The second kappa shape index (κ2) is 9.20. The van der Waals surface area contributed by atoms with Gasteiger partial charge in [0.2, 0.25) is 0 Å². The molecule has 1 aromatic heterocycles. The lowest BCUT2D eigenvalue weighted by molar-refractivity contribution is 0.283. The molecular weight excluding hydrogens is 398 g/mol. The zero-order valence-electron chi connectivity index (χ0n) is 17.0. The number of rotatable bonds is 8. The molecule has 0 bridgehead atoms. The summed E-state index contributed by atoms with van der Waals surface area (Å²) >= 11 is 6.52. The highest BCUT2D eigenvalue weighted by atomic mass is 35.5. The number of aromatic nitrogens is 2. The first-order valence-electron chi connectivity index (χ1n) is 9.82. The third-order valence-corrected chi connectivity index (χ3v) is 5.38. The molecular formula is C24H24ClN3O2. The summed E-state index contributed by atoms with van der Waals surface area (Å²) < 4.78 is 11.5. The predicted octanol–water partition coefficient (Wildman–Crippen LogP) is 5.40. The van der Waals surface area contributed by atoms with Gasteiger partial charge in [0.25, 0.3) is 0 Å². The van der Waals surface area contributed by atoms with Gasteiger partial charge >= 0.3 is 0 Å². The van der Waals surface area contributed by atoms with E-state index >= 15 is 0 Å². The number of methoxy groups -OCH3 is 1. The van der Waals surface area contributed by atoms with Crippen molar-refractivity contribution in [3.05, 3.63) is 88.2 Å². The Kier molecular flexibility index (Phi) is 6.21. The van der Waals surface area contributed by atoms with Gasteiger partial charge in [0.05, 0.1) is 24.7 Å². The second-order valence-electron chi connectivity index (χ2n) is 7.11. The number of aryl methyl sites for hydroxylation is 1. The molecule has 0 amide bonds. The maximum Gasteiger partial charge on any atom is 0.163 e. The van der Waals surface area contributed by atoms with E-state index in [2.05, 4.69) is 34.3 Å². The highest BCUT2D eigenvalue weighted by Crippen LogP contribution is 2.34. The molecule has 2 N–H and O–H groups in total. The molecule has 4 aromatic rings. The topological polar surface area (TPSA) is 59.2 Å². The molecule has 154 valence electrons. The van der Waals surface area contributed by atoms with E-state index in [4.69, 9.17) is 21.1 Å². The fraction of sp³-hybridized carbons (Fsp3) is 0.208. The molecule has 0 atom stereocenters. The molecule has 0 aliphatic carbocycles. The van der Waals surface area contributed by atoms with Gasteiger partial charge in [0, 0.05) is 17.6 Å². The van der Waals surface area contributed by atoms with Crippen LogP contribution in [-0.4, -0.2) is 17.1 Å². The van der Waals surface area contributed by atoms with Crippen molar-refractivity contribution in [2.45, 2.75) is 26.6 Å². The first kappa shape index (κ1) is 20.3. The first-order chi connectivity index (χ1) is 14.6. The summed E-state index contributed by atoms with van der Waals surface area (Å²) in [7, 11) is 1.63. The molecule has 3 aromatic carbocycles. The van der Waals surface area contributed by atoms with E-state index in [0.29, 0.717) is 36.2 Å². The summed E-state index contributed by atoms with van der Waals surface area (Å²) in [5.41, 5.74) is 5.25. The normalized spacial score (nSPS) is 11.0. The van der Waals surface area contributed by atoms with Crippen molar-refractivity contribution in [3.63, 3.8) is 0 Å². The van der Waals surface area contributed by atoms with Gasteiger partial charge in [-0.25, -0.2) is 4.98 Å². The Balaban J connectivity index is 1.41. The summed E-state index contributed by atoms with van der Waals surface area (Å²) in [4.78, 5) is 7.89. The van der Waals surface area contributed by atoms with Gasteiger partial charge in [-0.15, -0.1) is 0 Å². The molecule has 0 saturated carbocycles. The SMILES string of the molecule is COc1cc(CNCc2nc3ccccc3[nH]2)c(Cl)cc1OCc1ccccc1C.